The Balaban J connectivity index is 1.77. The molecule has 3 heterocycles. The summed E-state index contributed by atoms with van der Waals surface area (Å²) >= 11 is 6.60. The van der Waals surface area contributed by atoms with Crippen molar-refractivity contribution in [3.63, 3.8) is 0 Å². The largest absolute Gasteiger partial charge is 0.334 e. The Morgan fingerprint density at radius 3 is 3.10 bits per heavy atom. The number of carbonyl (C=O) groups excluding carboxylic acids is 1. The van der Waals surface area contributed by atoms with Crippen molar-refractivity contribution >= 4 is 44.5 Å². The highest BCUT2D eigenvalue weighted by atomic mass is 79.9. The summed E-state index contributed by atoms with van der Waals surface area (Å²) in [6.07, 6.45) is 0. The van der Waals surface area contributed by atoms with E-state index in [0.717, 1.165) is 33.3 Å². The van der Waals surface area contributed by atoms with Gasteiger partial charge in [0.25, 0.3) is 5.91 Å². The van der Waals surface area contributed by atoms with Crippen molar-refractivity contribution < 1.29 is 4.79 Å². The van der Waals surface area contributed by atoms with Crippen molar-refractivity contribution in [2.24, 2.45) is 0 Å². The third kappa shape index (κ3) is 2.95. The molecule has 1 aliphatic rings. The molecule has 1 amide bonds. The van der Waals surface area contributed by atoms with Gasteiger partial charge in [0.1, 0.15) is 10.7 Å². The zero-order chi connectivity index (χ0) is 14.1. The lowest BCUT2D eigenvalue weighted by molar-refractivity contribution is 0.0704. The topological polar surface area (TPSA) is 45.2 Å². The molecule has 2 aromatic rings. The lowest BCUT2D eigenvalue weighted by Gasteiger charge is -2.31. The van der Waals surface area contributed by atoms with E-state index in [1.807, 2.05) is 22.4 Å². The number of hydrogen-bond donors (Lipinski definition) is 1. The third-order valence-electron chi connectivity index (χ3n) is 3.16. The number of rotatable bonds is 2. The SMILES string of the molecule is CC1CN(C(=O)c2csc(-c3ccc(Br)s3)n2)CCN1. The van der Waals surface area contributed by atoms with E-state index in [-0.39, 0.29) is 5.91 Å². The number of carbonyl (C=O) groups is 1. The summed E-state index contributed by atoms with van der Waals surface area (Å²) in [6, 6.07) is 4.37. The van der Waals surface area contributed by atoms with Gasteiger partial charge in [-0.2, -0.15) is 0 Å². The Kier molecular flexibility index (Phi) is 4.21. The van der Waals surface area contributed by atoms with Crippen molar-refractivity contribution in [1.29, 1.82) is 0 Å². The van der Waals surface area contributed by atoms with Crippen molar-refractivity contribution in [3.8, 4) is 9.88 Å². The number of thiazole rings is 1. The fraction of sp³-hybridized carbons (Fsp3) is 0.385. The van der Waals surface area contributed by atoms with Crippen LogP contribution in [0.1, 0.15) is 17.4 Å². The monoisotopic (exact) mass is 371 g/mol. The van der Waals surface area contributed by atoms with E-state index in [2.05, 4.69) is 33.2 Å². The van der Waals surface area contributed by atoms with Gasteiger partial charge in [0.15, 0.2) is 0 Å². The van der Waals surface area contributed by atoms with Crippen LogP contribution in [0, 0.1) is 0 Å². The predicted molar refractivity (Wildman–Crippen MR) is 86.5 cm³/mol. The molecule has 1 saturated heterocycles. The minimum absolute atomic E-state index is 0.0384. The van der Waals surface area contributed by atoms with E-state index < -0.39 is 0 Å². The Labute approximate surface area is 134 Å². The number of hydrogen-bond acceptors (Lipinski definition) is 5. The van der Waals surface area contributed by atoms with E-state index >= 15 is 0 Å². The van der Waals surface area contributed by atoms with E-state index in [9.17, 15) is 4.79 Å². The fourth-order valence-corrected chi connectivity index (χ4v) is 4.45. The van der Waals surface area contributed by atoms with Gasteiger partial charge in [0.2, 0.25) is 0 Å². The van der Waals surface area contributed by atoms with Crippen LogP contribution in [0.5, 0.6) is 0 Å². The summed E-state index contributed by atoms with van der Waals surface area (Å²) < 4.78 is 1.08. The molecule has 7 heteroatoms. The molecular weight excluding hydrogens is 358 g/mol. The summed E-state index contributed by atoms with van der Waals surface area (Å²) in [5, 5.41) is 6.11. The lowest BCUT2D eigenvalue weighted by Crippen LogP contribution is -2.51. The summed E-state index contributed by atoms with van der Waals surface area (Å²) in [5.74, 6) is 0.0384. The minimum Gasteiger partial charge on any atom is -0.334 e. The second kappa shape index (κ2) is 5.93. The Morgan fingerprint density at radius 2 is 2.40 bits per heavy atom. The first-order valence-electron chi connectivity index (χ1n) is 6.37. The van der Waals surface area contributed by atoms with Crippen molar-refractivity contribution in [3.05, 3.63) is 27.0 Å². The van der Waals surface area contributed by atoms with Gasteiger partial charge >= 0.3 is 0 Å². The van der Waals surface area contributed by atoms with E-state index in [0.29, 0.717) is 11.7 Å². The highest BCUT2D eigenvalue weighted by molar-refractivity contribution is 9.11. The molecule has 0 aromatic carbocycles. The molecule has 0 spiro atoms. The molecule has 4 nitrogen and oxygen atoms in total. The quantitative estimate of drug-likeness (QED) is 0.881. The van der Waals surface area contributed by atoms with Gasteiger partial charge in [-0.25, -0.2) is 4.98 Å². The first-order chi connectivity index (χ1) is 9.63. The minimum atomic E-state index is 0.0384. The van der Waals surface area contributed by atoms with E-state index in [1.54, 1.807) is 11.3 Å². The maximum Gasteiger partial charge on any atom is 0.273 e. The molecule has 1 unspecified atom stereocenters. The zero-order valence-corrected chi connectivity index (χ0v) is 14.1. The predicted octanol–water partition coefficient (Wildman–Crippen LogP) is 3.07. The zero-order valence-electron chi connectivity index (χ0n) is 10.9. The molecule has 0 saturated carbocycles. The fourth-order valence-electron chi connectivity index (χ4n) is 2.19. The molecule has 1 fully saturated rings. The van der Waals surface area contributed by atoms with E-state index in [1.165, 1.54) is 11.3 Å². The van der Waals surface area contributed by atoms with Crippen LogP contribution in [0.3, 0.4) is 0 Å². The molecular formula is C13H14BrN3OS2. The highest BCUT2D eigenvalue weighted by Gasteiger charge is 2.23. The highest BCUT2D eigenvalue weighted by Crippen LogP contribution is 2.33. The number of piperazine rings is 1. The Bertz CT molecular complexity index is 625. The van der Waals surface area contributed by atoms with E-state index in [4.69, 9.17) is 0 Å². The number of nitrogens with one attached hydrogen (secondary N) is 1. The molecule has 3 rings (SSSR count). The van der Waals surface area contributed by atoms with Gasteiger partial charge in [0, 0.05) is 31.1 Å². The average Bonchev–Trinajstić information content (AvgIpc) is 3.06. The van der Waals surface area contributed by atoms with Crippen LogP contribution in [-0.4, -0.2) is 41.5 Å². The smallest absolute Gasteiger partial charge is 0.273 e. The first kappa shape index (κ1) is 14.2. The molecule has 0 aliphatic carbocycles. The van der Waals surface area contributed by atoms with Gasteiger partial charge in [-0.3, -0.25) is 4.79 Å². The molecule has 1 N–H and O–H groups in total. The van der Waals surface area contributed by atoms with Gasteiger partial charge in [-0.15, -0.1) is 22.7 Å². The maximum atomic E-state index is 12.4. The van der Waals surface area contributed by atoms with Crippen molar-refractivity contribution in [2.75, 3.05) is 19.6 Å². The summed E-state index contributed by atoms with van der Waals surface area (Å²) in [5.41, 5.74) is 0.559. The number of thiophene rings is 1. The molecule has 20 heavy (non-hydrogen) atoms. The van der Waals surface area contributed by atoms with Crippen LogP contribution in [0.25, 0.3) is 9.88 Å². The lowest BCUT2D eigenvalue weighted by atomic mass is 10.2. The number of nitrogens with zero attached hydrogens (tertiary/aromatic N) is 2. The molecule has 1 atom stereocenters. The van der Waals surface area contributed by atoms with Crippen LogP contribution in [0.4, 0.5) is 0 Å². The van der Waals surface area contributed by atoms with Crippen molar-refractivity contribution in [1.82, 2.24) is 15.2 Å². The Morgan fingerprint density at radius 1 is 1.55 bits per heavy atom. The van der Waals surface area contributed by atoms with Gasteiger partial charge in [-0.05, 0) is 35.0 Å². The first-order valence-corrected chi connectivity index (χ1v) is 8.86. The van der Waals surface area contributed by atoms with Gasteiger partial charge in [0.05, 0.1) is 8.66 Å². The van der Waals surface area contributed by atoms with Crippen LogP contribution in [0.2, 0.25) is 0 Å². The second-order valence-corrected chi connectivity index (χ2v) is 8.07. The molecule has 106 valence electrons. The summed E-state index contributed by atoms with van der Waals surface area (Å²) in [4.78, 5) is 19.9. The Hall–Kier alpha value is -0.760. The van der Waals surface area contributed by atoms with Crippen LogP contribution in [-0.2, 0) is 0 Å². The average molecular weight is 372 g/mol. The van der Waals surface area contributed by atoms with Gasteiger partial charge < -0.3 is 10.2 Å². The molecule has 2 aromatic heterocycles. The summed E-state index contributed by atoms with van der Waals surface area (Å²) in [7, 11) is 0. The summed E-state index contributed by atoms with van der Waals surface area (Å²) in [6.45, 7) is 4.44. The van der Waals surface area contributed by atoms with Crippen LogP contribution < -0.4 is 5.32 Å². The number of amides is 1. The van der Waals surface area contributed by atoms with Crippen LogP contribution in [0.15, 0.2) is 21.3 Å². The van der Waals surface area contributed by atoms with Crippen molar-refractivity contribution in [2.45, 2.75) is 13.0 Å². The van der Waals surface area contributed by atoms with Crippen LogP contribution >= 0.6 is 38.6 Å². The molecule has 1 aliphatic heterocycles. The second-order valence-electron chi connectivity index (χ2n) is 4.75. The molecule has 0 radical (unpaired) electrons. The normalized spacial score (nSPS) is 19.3. The number of aromatic nitrogens is 1. The maximum absolute atomic E-state index is 12.4. The number of halogens is 1. The standard InChI is InChI=1S/C13H14BrN3OS2/c1-8-6-17(5-4-15-8)13(18)9-7-19-12(16-9)10-2-3-11(14)20-10/h2-3,7-8,15H,4-6H2,1H3. The van der Waals surface area contributed by atoms with Gasteiger partial charge in [-0.1, -0.05) is 0 Å². The third-order valence-corrected chi connectivity index (χ3v) is 5.80. The molecule has 0 bridgehead atoms.